The Labute approximate surface area is 170 Å². The standard InChI is InChI=1S/C20H13F5N2O2S/c21-12-1-2-13(14(22)5-12)17-19(8-29-17)7-27-16-10(6-26-18(27)28)3-11(20(23,24)25)4-15(16)30-9-19/h1-6,17H,7-9H2. The molecule has 1 fully saturated rings. The molecule has 0 N–H and O–H groups in total. The van der Waals surface area contributed by atoms with Crippen LogP contribution in [0, 0.1) is 17.0 Å². The van der Waals surface area contributed by atoms with Gasteiger partial charge in [0.15, 0.2) is 0 Å². The van der Waals surface area contributed by atoms with Gasteiger partial charge < -0.3 is 4.74 Å². The Balaban J connectivity index is 1.64. The second-order valence-corrected chi connectivity index (χ2v) is 8.56. The van der Waals surface area contributed by atoms with E-state index in [2.05, 4.69) is 4.98 Å². The molecule has 10 heteroatoms. The molecule has 1 saturated heterocycles. The number of nitrogens with zero attached hydrogens (tertiary/aromatic N) is 2. The van der Waals surface area contributed by atoms with Crippen molar-refractivity contribution in [1.29, 1.82) is 0 Å². The van der Waals surface area contributed by atoms with Crippen molar-refractivity contribution in [2.45, 2.75) is 23.7 Å². The molecule has 1 spiro atoms. The minimum atomic E-state index is -4.55. The number of thioether (sulfide) groups is 1. The van der Waals surface area contributed by atoms with Gasteiger partial charge in [-0.3, -0.25) is 4.57 Å². The van der Waals surface area contributed by atoms with Crippen LogP contribution in [0.1, 0.15) is 17.2 Å². The first-order valence-electron chi connectivity index (χ1n) is 8.98. The van der Waals surface area contributed by atoms with Crippen LogP contribution in [0.5, 0.6) is 0 Å². The molecule has 156 valence electrons. The third-order valence-corrected chi connectivity index (χ3v) is 6.91. The SMILES string of the molecule is O=c1ncc2cc(C(F)(F)F)cc3c2n1CC1(COC1c1ccc(F)cc1F)CS3. The molecular weight excluding hydrogens is 427 g/mol. The molecule has 30 heavy (non-hydrogen) atoms. The second-order valence-electron chi connectivity index (χ2n) is 7.54. The lowest BCUT2D eigenvalue weighted by Crippen LogP contribution is -2.51. The van der Waals surface area contributed by atoms with E-state index < -0.39 is 40.6 Å². The molecule has 1 aromatic heterocycles. The molecule has 0 amide bonds. The zero-order valence-electron chi connectivity index (χ0n) is 15.2. The topological polar surface area (TPSA) is 44.1 Å². The maximum Gasteiger partial charge on any atom is 0.416 e. The van der Waals surface area contributed by atoms with E-state index in [4.69, 9.17) is 4.74 Å². The van der Waals surface area contributed by atoms with E-state index in [-0.39, 0.29) is 24.1 Å². The van der Waals surface area contributed by atoms with E-state index in [1.165, 1.54) is 22.4 Å². The fourth-order valence-electron chi connectivity index (χ4n) is 4.09. The molecule has 0 saturated carbocycles. The summed E-state index contributed by atoms with van der Waals surface area (Å²) in [6.45, 7) is 0.285. The Morgan fingerprint density at radius 2 is 2.00 bits per heavy atom. The monoisotopic (exact) mass is 440 g/mol. The van der Waals surface area contributed by atoms with E-state index in [9.17, 15) is 26.7 Å². The summed E-state index contributed by atoms with van der Waals surface area (Å²) in [7, 11) is 0. The summed E-state index contributed by atoms with van der Waals surface area (Å²) >= 11 is 1.17. The van der Waals surface area contributed by atoms with Gasteiger partial charge in [-0.05, 0) is 18.2 Å². The zero-order chi connectivity index (χ0) is 21.3. The first kappa shape index (κ1) is 19.5. The van der Waals surface area contributed by atoms with Crippen molar-refractivity contribution in [3.05, 3.63) is 69.8 Å². The molecule has 4 nitrogen and oxygen atoms in total. The van der Waals surface area contributed by atoms with Crippen LogP contribution in [0.2, 0.25) is 0 Å². The van der Waals surface area contributed by atoms with Crippen molar-refractivity contribution in [2.24, 2.45) is 5.41 Å². The Kier molecular flexibility index (Phi) is 4.24. The summed E-state index contributed by atoms with van der Waals surface area (Å²) in [4.78, 5) is 16.6. The number of aromatic nitrogens is 2. The van der Waals surface area contributed by atoms with Crippen molar-refractivity contribution < 1.29 is 26.7 Å². The van der Waals surface area contributed by atoms with Crippen LogP contribution in [0.15, 0.2) is 46.2 Å². The van der Waals surface area contributed by atoms with Crippen LogP contribution >= 0.6 is 11.8 Å². The minimum Gasteiger partial charge on any atom is -0.372 e. The van der Waals surface area contributed by atoms with Gasteiger partial charge in [0.05, 0.1) is 29.2 Å². The van der Waals surface area contributed by atoms with Crippen molar-refractivity contribution >= 4 is 22.7 Å². The summed E-state index contributed by atoms with van der Waals surface area (Å²) in [6.07, 6.45) is -4.17. The Bertz CT molecular complexity index is 1240. The minimum absolute atomic E-state index is 0.100. The molecule has 2 unspecified atom stereocenters. The van der Waals surface area contributed by atoms with Crippen LogP contribution in [-0.2, 0) is 17.5 Å². The third-order valence-electron chi connectivity index (χ3n) is 5.57. The van der Waals surface area contributed by atoms with Gasteiger partial charge in [0.25, 0.3) is 0 Å². The largest absolute Gasteiger partial charge is 0.416 e. The van der Waals surface area contributed by atoms with Crippen LogP contribution < -0.4 is 5.69 Å². The summed E-state index contributed by atoms with van der Waals surface area (Å²) in [5.41, 5.74) is -1.66. The molecule has 2 aliphatic rings. The lowest BCUT2D eigenvalue weighted by Gasteiger charge is -2.49. The molecule has 0 bridgehead atoms. The molecule has 3 aromatic rings. The normalized spacial score (nSPS) is 23.4. The van der Waals surface area contributed by atoms with Gasteiger partial charge in [-0.1, -0.05) is 6.07 Å². The third kappa shape index (κ3) is 2.92. The lowest BCUT2D eigenvalue weighted by atomic mass is 9.76. The number of rotatable bonds is 1. The van der Waals surface area contributed by atoms with Gasteiger partial charge in [-0.25, -0.2) is 18.6 Å². The Morgan fingerprint density at radius 3 is 2.67 bits per heavy atom. The predicted octanol–water partition coefficient (Wildman–Crippen LogP) is 4.56. The van der Waals surface area contributed by atoms with Crippen molar-refractivity contribution in [1.82, 2.24) is 9.55 Å². The summed E-state index contributed by atoms with van der Waals surface area (Å²) in [5.74, 6) is -1.20. The molecule has 2 aromatic carbocycles. The number of alkyl halides is 3. The Hall–Kier alpha value is -2.46. The first-order valence-corrected chi connectivity index (χ1v) is 9.97. The smallest absolute Gasteiger partial charge is 0.372 e. The van der Waals surface area contributed by atoms with E-state index >= 15 is 0 Å². The van der Waals surface area contributed by atoms with Gasteiger partial charge in [0, 0.05) is 40.4 Å². The van der Waals surface area contributed by atoms with E-state index in [0.29, 0.717) is 16.2 Å². The molecular formula is C20H13F5N2O2S. The van der Waals surface area contributed by atoms with Gasteiger partial charge in [0.1, 0.15) is 11.6 Å². The zero-order valence-corrected chi connectivity index (χ0v) is 16.0. The maximum absolute atomic E-state index is 14.4. The number of halogens is 5. The highest BCUT2D eigenvalue weighted by Crippen LogP contribution is 2.53. The number of hydrogen-bond acceptors (Lipinski definition) is 4. The summed E-state index contributed by atoms with van der Waals surface area (Å²) < 4.78 is 74.6. The van der Waals surface area contributed by atoms with Crippen LogP contribution in [-0.4, -0.2) is 21.9 Å². The summed E-state index contributed by atoms with van der Waals surface area (Å²) in [6, 6.07) is 5.16. The Morgan fingerprint density at radius 1 is 1.20 bits per heavy atom. The van der Waals surface area contributed by atoms with Crippen LogP contribution in [0.4, 0.5) is 22.0 Å². The van der Waals surface area contributed by atoms with Crippen molar-refractivity contribution in [3.8, 4) is 0 Å². The van der Waals surface area contributed by atoms with Gasteiger partial charge in [0.2, 0.25) is 0 Å². The average molecular weight is 440 g/mol. The molecule has 3 heterocycles. The highest BCUT2D eigenvalue weighted by molar-refractivity contribution is 7.99. The van der Waals surface area contributed by atoms with Crippen LogP contribution in [0.3, 0.4) is 0 Å². The van der Waals surface area contributed by atoms with Gasteiger partial charge in [-0.15, -0.1) is 11.8 Å². The average Bonchev–Trinajstić information content (AvgIpc) is 2.85. The molecule has 2 atom stereocenters. The highest BCUT2D eigenvalue weighted by atomic mass is 32.2. The fourth-order valence-corrected chi connectivity index (χ4v) is 5.44. The molecule has 0 radical (unpaired) electrons. The van der Waals surface area contributed by atoms with Gasteiger partial charge >= 0.3 is 11.9 Å². The van der Waals surface area contributed by atoms with Gasteiger partial charge in [-0.2, -0.15) is 13.2 Å². The predicted molar refractivity (Wildman–Crippen MR) is 99.2 cm³/mol. The van der Waals surface area contributed by atoms with E-state index in [1.807, 2.05) is 0 Å². The van der Waals surface area contributed by atoms with E-state index in [0.717, 1.165) is 30.5 Å². The van der Waals surface area contributed by atoms with Crippen LogP contribution in [0.25, 0.3) is 10.9 Å². The molecule has 2 aliphatic heterocycles. The highest BCUT2D eigenvalue weighted by Gasteiger charge is 2.52. The number of benzene rings is 2. The quantitative estimate of drug-likeness (QED) is 0.521. The van der Waals surface area contributed by atoms with Crippen molar-refractivity contribution in [2.75, 3.05) is 12.4 Å². The molecule has 0 aliphatic carbocycles. The second kappa shape index (κ2) is 6.52. The fraction of sp³-hybridized carbons (Fsp3) is 0.300. The maximum atomic E-state index is 14.4. The lowest BCUT2D eigenvalue weighted by molar-refractivity contribution is -0.187. The van der Waals surface area contributed by atoms with E-state index in [1.54, 1.807) is 0 Å². The first-order chi connectivity index (χ1) is 14.2. The number of hydrogen-bond donors (Lipinski definition) is 0. The van der Waals surface area contributed by atoms with Crippen molar-refractivity contribution in [3.63, 3.8) is 0 Å². The summed E-state index contributed by atoms with van der Waals surface area (Å²) in [5, 5.41) is 0.203. The molecule has 5 rings (SSSR count). The number of ether oxygens (including phenoxy) is 1.